The van der Waals surface area contributed by atoms with Gasteiger partial charge >= 0.3 is 6.03 Å². The first-order chi connectivity index (χ1) is 14.8. The van der Waals surface area contributed by atoms with E-state index in [-0.39, 0.29) is 6.03 Å². The van der Waals surface area contributed by atoms with Gasteiger partial charge in [-0.3, -0.25) is 5.32 Å². The molecule has 174 valence electrons. The van der Waals surface area contributed by atoms with E-state index >= 15 is 0 Å². The molecule has 4 unspecified atom stereocenters. The number of aliphatic hydroxyl groups excluding tert-OH is 4. The van der Waals surface area contributed by atoms with Crippen LogP contribution in [-0.2, 0) is 6.54 Å². The van der Waals surface area contributed by atoms with Crippen molar-refractivity contribution < 1.29 is 25.2 Å². The molecule has 1 fully saturated rings. The molecular weight excluding hydrogens is 400 g/mol. The van der Waals surface area contributed by atoms with E-state index in [0.717, 1.165) is 31.2 Å². The van der Waals surface area contributed by atoms with E-state index in [1.54, 1.807) is 25.1 Å². The number of piperidine rings is 1. The molecule has 7 N–H and O–H groups in total. The van der Waals surface area contributed by atoms with E-state index in [9.17, 15) is 25.2 Å². The minimum atomic E-state index is -1.12. The Labute approximate surface area is 183 Å². The van der Waals surface area contributed by atoms with Gasteiger partial charge < -0.3 is 31.1 Å². The van der Waals surface area contributed by atoms with Crippen LogP contribution < -0.4 is 16.0 Å². The van der Waals surface area contributed by atoms with Gasteiger partial charge in [0.05, 0.1) is 5.54 Å². The molecular formula is C22H36N4O5. The molecule has 0 bridgehead atoms. The second-order valence-electron chi connectivity index (χ2n) is 8.77. The van der Waals surface area contributed by atoms with Gasteiger partial charge in [0.2, 0.25) is 0 Å². The lowest BCUT2D eigenvalue weighted by atomic mass is 9.87. The summed E-state index contributed by atoms with van der Waals surface area (Å²) in [5, 5.41) is 50.4. The van der Waals surface area contributed by atoms with Crippen molar-refractivity contribution in [2.75, 3.05) is 6.54 Å². The van der Waals surface area contributed by atoms with Crippen LogP contribution >= 0.6 is 0 Å². The van der Waals surface area contributed by atoms with Crippen LogP contribution in [0, 0.1) is 0 Å². The van der Waals surface area contributed by atoms with Gasteiger partial charge in [-0.05, 0) is 37.8 Å². The van der Waals surface area contributed by atoms with E-state index in [0.29, 0.717) is 37.1 Å². The highest BCUT2D eigenvalue weighted by Crippen LogP contribution is 2.47. The fourth-order valence-corrected chi connectivity index (χ4v) is 4.46. The van der Waals surface area contributed by atoms with E-state index in [1.165, 1.54) is 4.90 Å². The zero-order chi connectivity index (χ0) is 22.6. The number of hydrogen-bond acceptors (Lipinski definition) is 7. The zero-order valence-electron chi connectivity index (χ0n) is 18.3. The summed E-state index contributed by atoms with van der Waals surface area (Å²) < 4.78 is 0. The average molecular weight is 437 g/mol. The number of amides is 2. The van der Waals surface area contributed by atoms with E-state index in [2.05, 4.69) is 22.9 Å². The number of hydrogen-bond donors (Lipinski definition) is 7. The molecule has 0 aromatic heterocycles. The number of benzene rings is 1. The first-order valence-corrected chi connectivity index (χ1v) is 11.2. The predicted octanol–water partition coefficient (Wildman–Crippen LogP) is 1.14. The standard InChI is InChI=1S/C22H36N4O5/c1-3-4-5-6-11-23-21(31)24-13-14-7-8-15-16(12-14)19(29)26(18(15)28)22(2)10-9-17(27)25-20(22)30/h7-8,12,17-20,25,27-30H,3-6,9-11,13H2,1-2H3,(H2,23,24,31)/t17?,18?,19?,20?,22-/m0/s1. The van der Waals surface area contributed by atoms with Gasteiger partial charge in [-0.25, -0.2) is 9.69 Å². The van der Waals surface area contributed by atoms with Gasteiger partial charge in [-0.1, -0.05) is 38.3 Å². The number of nitrogens with zero attached hydrogens (tertiary/aromatic N) is 1. The molecule has 9 heteroatoms. The zero-order valence-corrected chi connectivity index (χ0v) is 18.3. The van der Waals surface area contributed by atoms with E-state index < -0.39 is 30.5 Å². The number of aliphatic hydroxyl groups is 4. The van der Waals surface area contributed by atoms with Crippen LogP contribution in [0.15, 0.2) is 18.2 Å². The van der Waals surface area contributed by atoms with Crippen molar-refractivity contribution in [2.24, 2.45) is 0 Å². The molecule has 2 amide bonds. The number of nitrogens with one attached hydrogen (secondary N) is 3. The number of carbonyl (C=O) groups is 1. The van der Waals surface area contributed by atoms with Crippen molar-refractivity contribution in [3.63, 3.8) is 0 Å². The summed E-state index contributed by atoms with van der Waals surface area (Å²) in [7, 11) is 0. The number of fused-ring (bicyclic) bond motifs is 1. The minimum absolute atomic E-state index is 0.235. The van der Waals surface area contributed by atoms with Gasteiger partial charge in [0, 0.05) is 24.2 Å². The molecule has 0 spiro atoms. The highest BCUT2D eigenvalue weighted by molar-refractivity contribution is 5.73. The van der Waals surface area contributed by atoms with Gasteiger partial charge in [-0.2, -0.15) is 0 Å². The Bertz CT molecular complexity index is 763. The van der Waals surface area contributed by atoms with Crippen LogP contribution in [-0.4, -0.2) is 55.9 Å². The van der Waals surface area contributed by atoms with Crippen molar-refractivity contribution in [1.29, 1.82) is 0 Å². The topological polar surface area (TPSA) is 137 Å². The Morgan fingerprint density at radius 3 is 2.58 bits per heavy atom. The molecule has 9 nitrogen and oxygen atoms in total. The van der Waals surface area contributed by atoms with Crippen molar-refractivity contribution >= 4 is 6.03 Å². The summed E-state index contributed by atoms with van der Waals surface area (Å²) in [5.74, 6) is 0. The highest BCUT2D eigenvalue weighted by Gasteiger charge is 2.52. The van der Waals surface area contributed by atoms with Crippen LogP contribution in [0.1, 0.15) is 81.5 Å². The summed E-state index contributed by atoms with van der Waals surface area (Å²) in [4.78, 5) is 13.5. The van der Waals surface area contributed by atoms with Crippen LogP contribution in [0.3, 0.4) is 0 Å². The molecule has 1 aromatic rings. The quantitative estimate of drug-likeness (QED) is 0.304. The number of urea groups is 1. The third-order valence-electron chi connectivity index (χ3n) is 6.46. The Morgan fingerprint density at radius 1 is 1.13 bits per heavy atom. The lowest BCUT2D eigenvalue weighted by molar-refractivity contribution is -0.200. The lowest BCUT2D eigenvalue weighted by Crippen LogP contribution is -2.65. The van der Waals surface area contributed by atoms with E-state index in [4.69, 9.17) is 0 Å². The van der Waals surface area contributed by atoms with Gasteiger partial charge in [0.25, 0.3) is 0 Å². The summed E-state index contributed by atoms with van der Waals surface area (Å²) in [6, 6.07) is 5.08. The van der Waals surface area contributed by atoms with Crippen LogP contribution in [0.25, 0.3) is 0 Å². The molecule has 0 radical (unpaired) electrons. The monoisotopic (exact) mass is 436 g/mol. The van der Waals surface area contributed by atoms with Crippen molar-refractivity contribution in [3.8, 4) is 0 Å². The molecule has 31 heavy (non-hydrogen) atoms. The summed E-state index contributed by atoms with van der Waals surface area (Å²) in [5.41, 5.74) is 0.950. The van der Waals surface area contributed by atoms with Crippen molar-refractivity contribution in [1.82, 2.24) is 20.9 Å². The third-order valence-corrected chi connectivity index (χ3v) is 6.46. The maximum absolute atomic E-state index is 12.0. The number of carbonyl (C=O) groups excluding carboxylic acids is 1. The largest absolute Gasteiger partial charge is 0.379 e. The smallest absolute Gasteiger partial charge is 0.315 e. The summed E-state index contributed by atoms with van der Waals surface area (Å²) in [6.07, 6.45) is 1.02. The molecule has 1 aromatic carbocycles. The maximum atomic E-state index is 12.0. The second-order valence-corrected chi connectivity index (χ2v) is 8.77. The number of rotatable bonds is 8. The molecule has 2 heterocycles. The van der Waals surface area contributed by atoms with Gasteiger partial charge in [-0.15, -0.1) is 0 Å². The fraction of sp³-hybridized carbons (Fsp3) is 0.682. The second kappa shape index (κ2) is 10.2. The Kier molecular flexibility index (Phi) is 7.90. The molecule has 2 aliphatic heterocycles. The van der Waals surface area contributed by atoms with Crippen LogP contribution in [0.5, 0.6) is 0 Å². The number of unbranched alkanes of at least 4 members (excludes halogenated alkanes) is 3. The predicted molar refractivity (Wildman–Crippen MR) is 115 cm³/mol. The minimum Gasteiger partial charge on any atom is -0.379 e. The summed E-state index contributed by atoms with van der Waals surface area (Å²) >= 11 is 0. The van der Waals surface area contributed by atoms with Gasteiger partial charge in [0.1, 0.15) is 24.9 Å². The van der Waals surface area contributed by atoms with Crippen molar-refractivity contribution in [3.05, 3.63) is 34.9 Å². The Balaban J connectivity index is 1.61. The summed E-state index contributed by atoms with van der Waals surface area (Å²) in [6.45, 7) is 4.83. The van der Waals surface area contributed by atoms with Crippen LogP contribution in [0.4, 0.5) is 4.79 Å². The first-order valence-electron chi connectivity index (χ1n) is 11.2. The first kappa shape index (κ1) is 23.9. The lowest BCUT2D eigenvalue weighted by Gasteiger charge is -2.49. The fourth-order valence-electron chi connectivity index (χ4n) is 4.46. The van der Waals surface area contributed by atoms with E-state index in [1.807, 2.05) is 0 Å². The maximum Gasteiger partial charge on any atom is 0.315 e. The third kappa shape index (κ3) is 5.19. The van der Waals surface area contributed by atoms with Crippen molar-refractivity contribution in [2.45, 2.75) is 89.4 Å². The molecule has 1 saturated heterocycles. The molecule has 0 saturated carbocycles. The Morgan fingerprint density at radius 2 is 1.87 bits per heavy atom. The molecule has 0 aliphatic carbocycles. The van der Waals surface area contributed by atoms with Crippen LogP contribution in [0.2, 0.25) is 0 Å². The Hall–Kier alpha value is -1.75. The normalized spacial score (nSPS) is 30.8. The molecule has 3 rings (SSSR count). The molecule has 2 aliphatic rings. The molecule has 5 atom stereocenters. The SMILES string of the molecule is CCCCCCNC(=O)NCc1ccc2c(c1)C(O)N([C@@]1(C)CCC(O)NC1O)C2O. The highest BCUT2D eigenvalue weighted by atomic mass is 16.3. The van der Waals surface area contributed by atoms with Gasteiger partial charge in [0.15, 0.2) is 0 Å². The average Bonchev–Trinajstić information content (AvgIpc) is 2.99.